The zero-order valence-electron chi connectivity index (χ0n) is 10.9. The molecule has 0 saturated heterocycles. The molecule has 0 fully saturated rings. The lowest BCUT2D eigenvalue weighted by atomic mass is 10.2. The molecule has 108 valence electrons. The molecule has 0 radical (unpaired) electrons. The number of carboxylic acids is 1. The summed E-state index contributed by atoms with van der Waals surface area (Å²) in [5.41, 5.74) is 0.323. The smallest absolute Gasteiger partial charge is 0.335 e. The van der Waals surface area contributed by atoms with E-state index >= 15 is 0 Å². The number of hydrogen-bond acceptors (Lipinski definition) is 7. The van der Waals surface area contributed by atoms with E-state index in [0.717, 1.165) is 6.20 Å². The van der Waals surface area contributed by atoms with E-state index in [0.29, 0.717) is 5.69 Å². The first kappa shape index (κ1) is 14.2. The highest BCUT2D eigenvalue weighted by Gasteiger charge is 2.16. The van der Waals surface area contributed by atoms with Gasteiger partial charge in [-0.3, -0.25) is 10.1 Å². The molecule has 1 aromatic heterocycles. The first-order chi connectivity index (χ1) is 10.0. The molecule has 3 N–H and O–H groups in total. The van der Waals surface area contributed by atoms with Crippen molar-refractivity contribution < 1.29 is 14.8 Å². The largest absolute Gasteiger partial charge is 0.478 e. The fraction of sp³-hybridized carbons (Fsp3) is 0.0833. The van der Waals surface area contributed by atoms with Crippen molar-refractivity contribution in [2.24, 2.45) is 0 Å². The molecule has 0 amide bonds. The number of anilines is 3. The second-order valence-corrected chi connectivity index (χ2v) is 3.95. The third kappa shape index (κ3) is 3.21. The Balaban J connectivity index is 2.29. The van der Waals surface area contributed by atoms with E-state index in [1.165, 1.54) is 19.2 Å². The summed E-state index contributed by atoms with van der Waals surface area (Å²) in [5.74, 6) is -0.876. The predicted octanol–water partition coefficient (Wildman–Crippen LogP) is 1.87. The Labute approximate surface area is 118 Å². The van der Waals surface area contributed by atoms with Gasteiger partial charge >= 0.3 is 11.7 Å². The second kappa shape index (κ2) is 5.82. The maximum Gasteiger partial charge on any atom is 0.335 e. The summed E-state index contributed by atoms with van der Waals surface area (Å²) in [6, 6.07) is 6.06. The zero-order valence-corrected chi connectivity index (χ0v) is 10.9. The average molecular weight is 289 g/mol. The van der Waals surface area contributed by atoms with Crippen LogP contribution in [0.25, 0.3) is 0 Å². The molecule has 0 aliphatic carbocycles. The molecular weight excluding hydrogens is 278 g/mol. The molecular formula is C12H11N5O4. The van der Waals surface area contributed by atoms with Gasteiger partial charge in [-0.25, -0.2) is 9.78 Å². The Hall–Kier alpha value is -3.23. The third-order valence-electron chi connectivity index (χ3n) is 2.57. The van der Waals surface area contributed by atoms with Gasteiger partial charge < -0.3 is 15.7 Å². The monoisotopic (exact) mass is 289 g/mol. The number of nitro groups is 1. The minimum atomic E-state index is -1.06. The Morgan fingerprint density at radius 3 is 2.81 bits per heavy atom. The summed E-state index contributed by atoms with van der Waals surface area (Å²) in [6.45, 7) is 0. The normalized spacial score (nSPS) is 9.95. The quantitative estimate of drug-likeness (QED) is 0.561. The van der Waals surface area contributed by atoms with Crippen molar-refractivity contribution in [1.82, 2.24) is 9.97 Å². The first-order valence-electron chi connectivity index (χ1n) is 5.81. The van der Waals surface area contributed by atoms with Crippen LogP contribution in [0.15, 0.2) is 30.5 Å². The summed E-state index contributed by atoms with van der Waals surface area (Å²) < 4.78 is 0. The van der Waals surface area contributed by atoms with Crippen molar-refractivity contribution in [3.8, 4) is 0 Å². The van der Waals surface area contributed by atoms with Crippen molar-refractivity contribution in [2.75, 3.05) is 17.7 Å². The number of hydrogen-bond donors (Lipinski definition) is 3. The molecule has 0 spiro atoms. The van der Waals surface area contributed by atoms with E-state index in [9.17, 15) is 14.9 Å². The van der Waals surface area contributed by atoms with Gasteiger partial charge in [0.25, 0.3) is 0 Å². The van der Waals surface area contributed by atoms with Crippen LogP contribution in [0.1, 0.15) is 10.4 Å². The van der Waals surface area contributed by atoms with Gasteiger partial charge in [-0.2, -0.15) is 4.98 Å². The minimum absolute atomic E-state index is 0.0619. The topological polar surface area (TPSA) is 130 Å². The van der Waals surface area contributed by atoms with Crippen LogP contribution < -0.4 is 10.6 Å². The van der Waals surface area contributed by atoms with Crippen LogP contribution >= 0.6 is 0 Å². The molecule has 0 aliphatic heterocycles. The van der Waals surface area contributed by atoms with Gasteiger partial charge in [-0.15, -0.1) is 0 Å². The molecule has 0 unspecified atom stereocenters. The SMILES string of the molecule is CNc1nc(Nc2cccc(C(=O)O)c2)ncc1[N+](=O)[O-]. The molecule has 1 heterocycles. The van der Waals surface area contributed by atoms with E-state index in [2.05, 4.69) is 20.6 Å². The van der Waals surface area contributed by atoms with Crippen LogP contribution in [-0.4, -0.2) is 33.0 Å². The van der Waals surface area contributed by atoms with Crippen LogP contribution in [-0.2, 0) is 0 Å². The van der Waals surface area contributed by atoms with Crippen LogP contribution in [0, 0.1) is 10.1 Å². The van der Waals surface area contributed by atoms with E-state index in [4.69, 9.17) is 5.11 Å². The molecule has 2 rings (SSSR count). The molecule has 0 atom stereocenters. The number of carbonyl (C=O) groups is 1. The molecule has 21 heavy (non-hydrogen) atoms. The maximum absolute atomic E-state index is 10.9. The Morgan fingerprint density at radius 1 is 1.43 bits per heavy atom. The zero-order chi connectivity index (χ0) is 15.4. The lowest BCUT2D eigenvalue weighted by Gasteiger charge is -2.07. The molecule has 0 aliphatic rings. The molecule has 0 bridgehead atoms. The number of aromatic carboxylic acids is 1. The van der Waals surface area contributed by atoms with Crippen molar-refractivity contribution in [1.29, 1.82) is 0 Å². The number of carboxylic acid groups (broad SMARTS) is 1. The van der Waals surface area contributed by atoms with Crippen molar-refractivity contribution in [3.05, 3.63) is 46.1 Å². The number of nitrogens with one attached hydrogen (secondary N) is 2. The van der Waals surface area contributed by atoms with Crippen molar-refractivity contribution in [2.45, 2.75) is 0 Å². The van der Waals surface area contributed by atoms with Crippen LogP contribution in [0.2, 0.25) is 0 Å². The summed E-state index contributed by atoms with van der Waals surface area (Å²) in [4.78, 5) is 28.8. The molecule has 1 aromatic carbocycles. The van der Waals surface area contributed by atoms with Crippen molar-refractivity contribution >= 4 is 29.1 Å². The lowest BCUT2D eigenvalue weighted by molar-refractivity contribution is -0.384. The molecule has 2 aromatic rings. The Morgan fingerprint density at radius 2 is 2.19 bits per heavy atom. The van der Waals surface area contributed by atoms with Gasteiger partial charge in [0.2, 0.25) is 11.8 Å². The van der Waals surface area contributed by atoms with E-state index < -0.39 is 10.9 Å². The molecule has 0 saturated carbocycles. The number of nitrogens with zero attached hydrogens (tertiary/aromatic N) is 3. The molecule has 9 heteroatoms. The van der Waals surface area contributed by atoms with Gasteiger partial charge in [0.05, 0.1) is 10.5 Å². The number of aromatic nitrogens is 2. The van der Waals surface area contributed by atoms with Gasteiger partial charge in [0.15, 0.2) is 0 Å². The first-order valence-corrected chi connectivity index (χ1v) is 5.81. The highest BCUT2D eigenvalue weighted by molar-refractivity contribution is 5.89. The van der Waals surface area contributed by atoms with Crippen molar-refractivity contribution in [3.63, 3.8) is 0 Å². The fourth-order valence-electron chi connectivity index (χ4n) is 1.61. The van der Waals surface area contributed by atoms with Crippen LogP contribution in [0.3, 0.4) is 0 Å². The van der Waals surface area contributed by atoms with Crippen LogP contribution in [0.5, 0.6) is 0 Å². The highest BCUT2D eigenvalue weighted by atomic mass is 16.6. The highest BCUT2D eigenvalue weighted by Crippen LogP contribution is 2.23. The van der Waals surface area contributed by atoms with E-state index in [-0.39, 0.29) is 23.0 Å². The van der Waals surface area contributed by atoms with Gasteiger partial charge in [-0.05, 0) is 18.2 Å². The summed E-state index contributed by atoms with van der Waals surface area (Å²) >= 11 is 0. The van der Waals surface area contributed by atoms with Gasteiger partial charge in [0.1, 0.15) is 6.20 Å². The van der Waals surface area contributed by atoms with Gasteiger partial charge in [-0.1, -0.05) is 6.07 Å². The minimum Gasteiger partial charge on any atom is -0.478 e. The van der Waals surface area contributed by atoms with E-state index in [1.54, 1.807) is 12.1 Å². The fourth-order valence-corrected chi connectivity index (χ4v) is 1.61. The average Bonchev–Trinajstić information content (AvgIpc) is 2.47. The number of benzene rings is 1. The Bertz CT molecular complexity index is 704. The lowest BCUT2D eigenvalue weighted by Crippen LogP contribution is -2.05. The summed E-state index contributed by atoms with van der Waals surface area (Å²) in [7, 11) is 1.50. The molecule has 9 nitrogen and oxygen atoms in total. The third-order valence-corrected chi connectivity index (χ3v) is 2.57. The number of rotatable bonds is 5. The van der Waals surface area contributed by atoms with E-state index in [1.807, 2.05) is 0 Å². The maximum atomic E-state index is 10.9. The summed E-state index contributed by atoms with van der Waals surface area (Å²) in [5, 5.41) is 25.1. The predicted molar refractivity (Wildman–Crippen MR) is 74.9 cm³/mol. The Kier molecular flexibility index (Phi) is 3.93. The van der Waals surface area contributed by atoms with Gasteiger partial charge in [0, 0.05) is 12.7 Å². The summed E-state index contributed by atoms with van der Waals surface area (Å²) in [6.07, 6.45) is 1.07. The second-order valence-electron chi connectivity index (χ2n) is 3.95. The standard InChI is InChI=1S/C12H11N5O4/c1-13-10-9(17(20)21)6-14-12(16-10)15-8-4-2-3-7(5-8)11(18)19/h2-6H,1H3,(H,18,19)(H2,13,14,15,16). The van der Waals surface area contributed by atoms with Crippen LogP contribution in [0.4, 0.5) is 23.1 Å².